The SMILES string of the molecule is CCNC(=O)CNCCn1cccn1. The van der Waals surface area contributed by atoms with E-state index in [2.05, 4.69) is 15.7 Å². The Morgan fingerprint density at radius 2 is 2.43 bits per heavy atom. The Hall–Kier alpha value is -1.36. The van der Waals surface area contributed by atoms with E-state index in [1.807, 2.05) is 23.9 Å². The number of hydrogen-bond acceptors (Lipinski definition) is 3. The lowest BCUT2D eigenvalue weighted by molar-refractivity contribution is -0.120. The summed E-state index contributed by atoms with van der Waals surface area (Å²) in [5.74, 6) is 0.0352. The van der Waals surface area contributed by atoms with Crippen LogP contribution >= 0.6 is 0 Å². The first-order valence-corrected chi connectivity index (χ1v) is 4.77. The summed E-state index contributed by atoms with van der Waals surface area (Å²) in [6.07, 6.45) is 3.64. The number of nitrogens with zero attached hydrogens (tertiary/aromatic N) is 2. The topological polar surface area (TPSA) is 59.0 Å². The number of rotatable bonds is 6. The molecule has 0 fully saturated rings. The highest BCUT2D eigenvalue weighted by atomic mass is 16.1. The van der Waals surface area contributed by atoms with Crippen molar-refractivity contribution in [2.24, 2.45) is 0 Å². The van der Waals surface area contributed by atoms with Crippen molar-refractivity contribution in [1.29, 1.82) is 0 Å². The van der Waals surface area contributed by atoms with E-state index < -0.39 is 0 Å². The van der Waals surface area contributed by atoms with Crippen LogP contribution in [0.2, 0.25) is 0 Å². The lowest BCUT2D eigenvalue weighted by Gasteiger charge is -2.04. The van der Waals surface area contributed by atoms with Gasteiger partial charge in [0.1, 0.15) is 0 Å². The summed E-state index contributed by atoms with van der Waals surface area (Å²) in [4.78, 5) is 11.0. The van der Waals surface area contributed by atoms with Crippen LogP contribution in [0.4, 0.5) is 0 Å². The minimum Gasteiger partial charge on any atom is -0.355 e. The number of hydrogen-bond donors (Lipinski definition) is 2. The maximum atomic E-state index is 11.0. The molecule has 1 aromatic heterocycles. The number of nitrogens with one attached hydrogen (secondary N) is 2. The average molecular weight is 196 g/mol. The normalized spacial score (nSPS) is 10.1. The molecule has 1 amide bonds. The molecule has 0 atom stereocenters. The molecule has 0 saturated heterocycles. The monoisotopic (exact) mass is 196 g/mol. The molecule has 14 heavy (non-hydrogen) atoms. The van der Waals surface area contributed by atoms with Crippen LogP contribution in [0.1, 0.15) is 6.92 Å². The van der Waals surface area contributed by atoms with Crippen LogP contribution in [-0.4, -0.2) is 35.3 Å². The summed E-state index contributed by atoms with van der Waals surface area (Å²) < 4.78 is 1.82. The van der Waals surface area contributed by atoms with Crippen molar-refractivity contribution >= 4 is 5.91 Å². The van der Waals surface area contributed by atoms with Gasteiger partial charge in [0, 0.05) is 25.5 Å². The lowest BCUT2D eigenvalue weighted by atomic mass is 10.5. The Morgan fingerprint density at radius 3 is 3.07 bits per heavy atom. The smallest absolute Gasteiger partial charge is 0.233 e. The Morgan fingerprint density at radius 1 is 1.57 bits per heavy atom. The van der Waals surface area contributed by atoms with Gasteiger partial charge in [-0.3, -0.25) is 9.48 Å². The molecule has 1 aromatic rings. The third-order valence-electron chi connectivity index (χ3n) is 1.74. The molecule has 0 aromatic carbocycles. The van der Waals surface area contributed by atoms with Gasteiger partial charge in [-0.05, 0) is 13.0 Å². The standard InChI is InChI=1S/C9H16N4O/c1-2-11-9(14)8-10-5-7-13-6-3-4-12-13/h3-4,6,10H,2,5,7-8H2,1H3,(H,11,14). The van der Waals surface area contributed by atoms with Gasteiger partial charge in [0.15, 0.2) is 0 Å². The number of likely N-dealkylation sites (N-methyl/N-ethyl adjacent to an activating group) is 1. The first-order chi connectivity index (χ1) is 6.83. The highest BCUT2D eigenvalue weighted by Crippen LogP contribution is 1.81. The first kappa shape index (κ1) is 10.7. The van der Waals surface area contributed by atoms with Crippen LogP contribution in [0.3, 0.4) is 0 Å². The van der Waals surface area contributed by atoms with Gasteiger partial charge in [0.2, 0.25) is 5.91 Å². The van der Waals surface area contributed by atoms with E-state index in [0.717, 1.165) is 13.1 Å². The van der Waals surface area contributed by atoms with E-state index in [4.69, 9.17) is 0 Å². The number of aromatic nitrogens is 2. The second-order valence-corrected chi connectivity index (χ2v) is 2.90. The Balaban J connectivity index is 2.02. The zero-order chi connectivity index (χ0) is 10.2. The maximum absolute atomic E-state index is 11.0. The fraction of sp³-hybridized carbons (Fsp3) is 0.556. The lowest BCUT2D eigenvalue weighted by Crippen LogP contribution is -2.35. The molecule has 5 nitrogen and oxygen atoms in total. The molecule has 2 N–H and O–H groups in total. The molecule has 0 bridgehead atoms. The predicted molar refractivity (Wildman–Crippen MR) is 53.8 cm³/mol. The van der Waals surface area contributed by atoms with Gasteiger partial charge in [-0.2, -0.15) is 5.10 Å². The van der Waals surface area contributed by atoms with Gasteiger partial charge in [-0.15, -0.1) is 0 Å². The molecule has 0 aliphatic heterocycles. The molecule has 78 valence electrons. The van der Waals surface area contributed by atoms with Gasteiger partial charge >= 0.3 is 0 Å². The molecule has 0 unspecified atom stereocenters. The van der Waals surface area contributed by atoms with Crippen molar-refractivity contribution < 1.29 is 4.79 Å². The molecule has 0 saturated carbocycles. The average Bonchev–Trinajstić information content (AvgIpc) is 2.65. The van der Waals surface area contributed by atoms with Crippen molar-refractivity contribution in [1.82, 2.24) is 20.4 Å². The largest absolute Gasteiger partial charge is 0.355 e. The summed E-state index contributed by atoms with van der Waals surface area (Å²) in [6, 6.07) is 1.88. The summed E-state index contributed by atoms with van der Waals surface area (Å²) in [5.41, 5.74) is 0. The molecule has 0 aliphatic rings. The molecule has 1 rings (SSSR count). The van der Waals surface area contributed by atoms with Crippen LogP contribution in [0, 0.1) is 0 Å². The van der Waals surface area contributed by atoms with Crippen molar-refractivity contribution in [2.45, 2.75) is 13.5 Å². The quantitative estimate of drug-likeness (QED) is 0.609. The molecular weight excluding hydrogens is 180 g/mol. The summed E-state index contributed by atoms with van der Waals surface area (Å²) in [7, 11) is 0. The molecule has 1 heterocycles. The third kappa shape index (κ3) is 4.04. The van der Waals surface area contributed by atoms with Gasteiger partial charge in [0.05, 0.1) is 13.1 Å². The maximum Gasteiger partial charge on any atom is 0.233 e. The van der Waals surface area contributed by atoms with Crippen LogP contribution in [0.5, 0.6) is 0 Å². The van der Waals surface area contributed by atoms with E-state index in [-0.39, 0.29) is 5.91 Å². The molecule has 0 radical (unpaired) electrons. The Bertz CT molecular complexity index is 258. The van der Waals surface area contributed by atoms with E-state index in [9.17, 15) is 4.79 Å². The third-order valence-corrected chi connectivity index (χ3v) is 1.74. The van der Waals surface area contributed by atoms with E-state index in [1.54, 1.807) is 6.20 Å². The highest BCUT2D eigenvalue weighted by Gasteiger charge is 1.97. The van der Waals surface area contributed by atoms with Crippen LogP contribution < -0.4 is 10.6 Å². The van der Waals surface area contributed by atoms with Crippen molar-refractivity contribution in [3.8, 4) is 0 Å². The van der Waals surface area contributed by atoms with Gasteiger partial charge in [-0.25, -0.2) is 0 Å². The zero-order valence-electron chi connectivity index (χ0n) is 8.36. The second kappa shape index (κ2) is 6.15. The summed E-state index contributed by atoms with van der Waals surface area (Å²) in [6.45, 7) is 4.49. The fourth-order valence-electron chi connectivity index (χ4n) is 1.09. The summed E-state index contributed by atoms with van der Waals surface area (Å²) in [5, 5.41) is 9.80. The number of carbonyl (C=O) groups excluding carboxylic acids is 1. The molecule has 0 aliphatic carbocycles. The fourth-order valence-corrected chi connectivity index (χ4v) is 1.09. The molecule has 5 heteroatoms. The predicted octanol–water partition coefficient (Wildman–Crippen LogP) is -0.391. The minimum absolute atomic E-state index is 0.0352. The van der Waals surface area contributed by atoms with Crippen LogP contribution in [0.15, 0.2) is 18.5 Å². The summed E-state index contributed by atoms with van der Waals surface area (Å²) >= 11 is 0. The van der Waals surface area contributed by atoms with Crippen LogP contribution in [0.25, 0.3) is 0 Å². The van der Waals surface area contributed by atoms with Gasteiger partial charge in [-0.1, -0.05) is 0 Å². The second-order valence-electron chi connectivity index (χ2n) is 2.90. The van der Waals surface area contributed by atoms with E-state index in [1.165, 1.54) is 0 Å². The number of amides is 1. The first-order valence-electron chi connectivity index (χ1n) is 4.77. The van der Waals surface area contributed by atoms with Crippen molar-refractivity contribution in [3.63, 3.8) is 0 Å². The van der Waals surface area contributed by atoms with Gasteiger partial charge < -0.3 is 10.6 Å². The highest BCUT2D eigenvalue weighted by molar-refractivity contribution is 5.77. The Kier molecular flexibility index (Phi) is 4.71. The van der Waals surface area contributed by atoms with Crippen molar-refractivity contribution in [3.05, 3.63) is 18.5 Å². The van der Waals surface area contributed by atoms with Crippen LogP contribution in [-0.2, 0) is 11.3 Å². The van der Waals surface area contributed by atoms with Crippen molar-refractivity contribution in [2.75, 3.05) is 19.6 Å². The number of carbonyl (C=O) groups is 1. The zero-order valence-corrected chi connectivity index (χ0v) is 8.36. The van der Waals surface area contributed by atoms with E-state index >= 15 is 0 Å². The van der Waals surface area contributed by atoms with Gasteiger partial charge in [0.25, 0.3) is 0 Å². The molecule has 0 spiro atoms. The Labute approximate surface area is 83.5 Å². The van der Waals surface area contributed by atoms with E-state index in [0.29, 0.717) is 13.1 Å². The molecular formula is C9H16N4O. The minimum atomic E-state index is 0.0352.